The van der Waals surface area contributed by atoms with Crippen molar-refractivity contribution in [3.63, 3.8) is 0 Å². The number of nitrogens with zero attached hydrogens (tertiary/aromatic N) is 2. The molecule has 3 aromatic rings. The van der Waals surface area contributed by atoms with Gasteiger partial charge in [-0.15, -0.1) is 0 Å². The summed E-state index contributed by atoms with van der Waals surface area (Å²) >= 11 is 0. The number of hydrogen-bond donors (Lipinski definition) is 0. The molecule has 0 bridgehead atoms. The first kappa shape index (κ1) is 12.5. The number of hydrogen-bond acceptors (Lipinski definition) is 3. The maximum absolute atomic E-state index is 12.4. The number of rotatable bonds is 3. The first-order chi connectivity index (χ1) is 9.78. The standard InChI is InChI=1S/C17H14N2O/c1-2-12-3-5-13(6-4-12)17(20)14-7-8-15-16(11-14)19-10-9-18-15/h3-11H,2H2,1H3. The Balaban J connectivity index is 1.98. The molecule has 0 saturated heterocycles. The number of carbonyl (C=O) groups excluding carboxylic acids is 1. The van der Waals surface area contributed by atoms with Crippen molar-refractivity contribution in [2.75, 3.05) is 0 Å². The van der Waals surface area contributed by atoms with Crippen LogP contribution < -0.4 is 0 Å². The zero-order chi connectivity index (χ0) is 13.9. The highest BCUT2D eigenvalue weighted by molar-refractivity contribution is 6.10. The van der Waals surface area contributed by atoms with Gasteiger partial charge >= 0.3 is 0 Å². The van der Waals surface area contributed by atoms with Gasteiger partial charge in [0, 0.05) is 23.5 Å². The van der Waals surface area contributed by atoms with Gasteiger partial charge in [-0.3, -0.25) is 14.8 Å². The fourth-order valence-electron chi connectivity index (χ4n) is 2.16. The van der Waals surface area contributed by atoms with Crippen LogP contribution in [-0.4, -0.2) is 15.8 Å². The molecule has 98 valence electrons. The molecule has 3 heteroatoms. The normalized spacial score (nSPS) is 10.7. The summed E-state index contributed by atoms with van der Waals surface area (Å²) in [4.78, 5) is 20.9. The molecule has 1 aromatic heterocycles. The average Bonchev–Trinajstić information content (AvgIpc) is 2.54. The van der Waals surface area contributed by atoms with E-state index in [0.29, 0.717) is 11.1 Å². The highest BCUT2D eigenvalue weighted by Gasteiger charge is 2.10. The van der Waals surface area contributed by atoms with E-state index in [0.717, 1.165) is 17.5 Å². The van der Waals surface area contributed by atoms with Crippen molar-refractivity contribution in [2.24, 2.45) is 0 Å². The fourth-order valence-corrected chi connectivity index (χ4v) is 2.16. The second-order valence-corrected chi connectivity index (χ2v) is 4.64. The molecule has 3 rings (SSSR count). The van der Waals surface area contributed by atoms with E-state index < -0.39 is 0 Å². The van der Waals surface area contributed by atoms with E-state index in [4.69, 9.17) is 0 Å². The minimum atomic E-state index is 0.0141. The Morgan fingerprint density at radius 1 is 0.900 bits per heavy atom. The van der Waals surface area contributed by atoms with Crippen LogP contribution in [0.15, 0.2) is 54.9 Å². The van der Waals surface area contributed by atoms with Crippen LogP contribution in [0.25, 0.3) is 11.0 Å². The van der Waals surface area contributed by atoms with Crippen molar-refractivity contribution >= 4 is 16.8 Å². The van der Waals surface area contributed by atoms with Crippen molar-refractivity contribution in [1.82, 2.24) is 9.97 Å². The third-order valence-corrected chi connectivity index (χ3v) is 3.36. The molecular weight excluding hydrogens is 248 g/mol. The molecular formula is C17H14N2O. The third kappa shape index (κ3) is 2.30. The minimum absolute atomic E-state index is 0.0141. The zero-order valence-electron chi connectivity index (χ0n) is 11.2. The fraction of sp³-hybridized carbons (Fsp3) is 0.118. The summed E-state index contributed by atoms with van der Waals surface area (Å²) in [5.74, 6) is 0.0141. The first-order valence-electron chi connectivity index (χ1n) is 6.62. The quantitative estimate of drug-likeness (QED) is 0.679. The molecule has 0 radical (unpaired) electrons. The molecule has 0 atom stereocenters. The van der Waals surface area contributed by atoms with Crippen LogP contribution in [0.2, 0.25) is 0 Å². The van der Waals surface area contributed by atoms with E-state index >= 15 is 0 Å². The van der Waals surface area contributed by atoms with Crippen molar-refractivity contribution in [3.05, 3.63) is 71.5 Å². The summed E-state index contributed by atoms with van der Waals surface area (Å²) in [5, 5.41) is 0. The van der Waals surface area contributed by atoms with Gasteiger partial charge in [0.25, 0.3) is 0 Å². The van der Waals surface area contributed by atoms with E-state index in [9.17, 15) is 4.79 Å². The Kier molecular flexibility index (Phi) is 3.25. The topological polar surface area (TPSA) is 42.9 Å². The molecule has 0 spiro atoms. The van der Waals surface area contributed by atoms with E-state index in [1.807, 2.05) is 30.3 Å². The summed E-state index contributed by atoms with van der Waals surface area (Å²) in [7, 11) is 0. The van der Waals surface area contributed by atoms with Crippen molar-refractivity contribution in [1.29, 1.82) is 0 Å². The Labute approximate surface area is 117 Å². The highest BCUT2D eigenvalue weighted by atomic mass is 16.1. The Hall–Kier alpha value is -2.55. The molecule has 20 heavy (non-hydrogen) atoms. The van der Waals surface area contributed by atoms with Crippen LogP contribution >= 0.6 is 0 Å². The minimum Gasteiger partial charge on any atom is -0.289 e. The molecule has 0 unspecified atom stereocenters. The van der Waals surface area contributed by atoms with Crippen molar-refractivity contribution in [2.45, 2.75) is 13.3 Å². The second kappa shape index (κ2) is 5.21. The molecule has 0 saturated carbocycles. The maximum atomic E-state index is 12.4. The zero-order valence-corrected chi connectivity index (χ0v) is 11.2. The number of carbonyl (C=O) groups is 1. The van der Waals surface area contributed by atoms with Crippen LogP contribution in [0.1, 0.15) is 28.4 Å². The van der Waals surface area contributed by atoms with E-state index in [1.54, 1.807) is 24.5 Å². The molecule has 0 fully saturated rings. The molecule has 0 aliphatic rings. The van der Waals surface area contributed by atoms with Crippen molar-refractivity contribution in [3.8, 4) is 0 Å². The number of aromatic nitrogens is 2. The van der Waals surface area contributed by atoms with Gasteiger partial charge in [-0.1, -0.05) is 31.2 Å². The maximum Gasteiger partial charge on any atom is 0.193 e. The smallest absolute Gasteiger partial charge is 0.193 e. The average molecular weight is 262 g/mol. The number of benzene rings is 2. The van der Waals surface area contributed by atoms with Crippen LogP contribution in [0, 0.1) is 0 Å². The molecule has 0 aliphatic heterocycles. The van der Waals surface area contributed by atoms with Crippen LogP contribution in [-0.2, 0) is 6.42 Å². The SMILES string of the molecule is CCc1ccc(C(=O)c2ccc3nccnc3c2)cc1. The van der Waals surface area contributed by atoms with E-state index in [2.05, 4.69) is 16.9 Å². The first-order valence-corrected chi connectivity index (χ1v) is 6.62. The van der Waals surface area contributed by atoms with Gasteiger partial charge < -0.3 is 0 Å². The number of fused-ring (bicyclic) bond motifs is 1. The van der Waals surface area contributed by atoms with E-state index in [1.165, 1.54) is 5.56 Å². The molecule has 0 aliphatic carbocycles. The Bertz CT molecular complexity index is 763. The van der Waals surface area contributed by atoms with Crippen molar-refractivity contribution < 1.29 is 4.79 Å². The predicted molar refractivity (Wildman–Crippen MR) is 78.8 cm³/mol. The summed E-state index contributed by atoms with van der Waals surface area (Å²) in [5.41, 5.74) is 4.10. The van der Waals surface area contributed by atoms with Gasteiger partial charge in [0.15, 0.2) is 5.78 Å². The van der Waals surface area contributed by atoms with Gasteiger partial charge in [-0.25, -0.2) is 0 Å². The molecule has 0 amide bonds. The lowest BCUT2D eigenvalue weighted by Gasteiger charge is -2.04. The lowest BCUT2D eigenvalue weighted by molar-refractivity contribution is 0.103. The number of aryl methyl sites for hydroxylation is 1. The van der Waals surface area contributed by atoms with Crippen LogP contribution in [0.3, 0.4) is 0 Å². The van der Waals surface area contributed by atoms with Crippen LogP contribution in [0.4, 0.5) is 0 Å². The Morgan fingerprint density at radius 2 is 1.55 bits per heavy atom. The van der Waals surface area contributed by atoms with Gasteiger partial charge in [-0.2, -0.15) is 0 Å². The highest BCUT2D eigenvalue weighted by Crippen LogP contribution is 2.15. The summed E-state index contributed by atoms with van der Waals surface area (Å²) in [6.45, 7) is 2.10. The van der Waals surface area contributed by atoms with Gasteiger partial charge in [0.05, 0.1) is 11.0 Å². The predicted octanol–water partition coefficient (Wildman–Crippen LogP) is 3.42. The summed E-state index contributed by atoms with van der Waals surface area (Å²) in [6.07, 6.45) is 4.25. The third-order valence-electron chi connectivity index (χ3n) is 3.36. The van der Waals surface area contributed by atoms with E-state index in [-0.39, 0.29) is 5.78 Å². The monoisotopic (exact) mass is 262 g/mol. The van der Waals surface area contributed by atoms with Gasteiger partial charge in [-0.05, 0) is 30.2 Å². The lowest BCUT2D eigenvalue weighted by Crippen LogP contribution is -2.01. The number of ketones is 1. The van der Waals surface area contributed by atoms with Gasteiger partial charge in [0.2, 0.25) is 0 Å². The molecule has 0 N–H and O–H groups in total. The molecule has 3 nitrogen and oxygen atoms in total. The summed E-state index contributed by atoms with van der Waals surface area (Å²) < 4.78 is 0. The molecule has 1 heterocycles. The second-order valence-electron chi connectivity index (χ2n) is 4.64. The molecule has 2 aromatic carbocycles. The summed E-state index contributed by atoms with van der Waals surface area (Å²) in [6, 6.07) is 13.2. The largest absolute Gasteiger partial charge is 0.289 e. The Morgan fingerprint density at radius 3 is 2.25 bits per heavy atom. The van der Waals surface area contributed by atoms with Crippen LogP contribution in [0.5, 0.6) is 0 Å². The lowest BCUT2D eigenvalue weighted by atomic mass is 10.0. The van der Waals surface area contributed by atoms with Gasteiger partial charge in [0.1, 0.15) is 0 Å².